The minimum absolute atomic E-state index is 0.0871. The summed E-state index contributed by atoms with van der Waals surface area (Å²) in [5.41, 5.74) is 1.34. The molecule has 0 aromatic carbocycles. The van der Waals surface area contributed by atoms with Gasteiger partial charge in [-0.25, -0.2) is 0 Å². The molecule has 0 saturated heterocycles. The van der Waals surface area contributed by atoms with Gasteiger partial charge in [-0.2, -0.15) is 5.10 Å². The van der Waals surface area contributed by atoms with Crippen LogP contribution in [-0.2, 0) is 16.7 Å². The van der Waals surface area contributed by atoms with Crippen molar-refractivity contribution in [3.8, 4) is 0 Å². The summed E-state index contributed by atoms with van der Waals surface area (Å²) in [5.74, 6) is 0. The molecule has 4 nitrogen and oxygen atoms in total. The molecule has 0 aliphatic rings. The lowest BCUT2D eigenvalue weighted by atomic mass is 9.85. The molecule has 0 amide bonds. The number of nitrogens with one attached hydrogen (secondary N) is 1. The number of nitrogens with zero attached hydrogens (tertiary/aromatic N) is 2. The molecule has 1 heterocycles. The van der Waals surface area contributed by atoms with Gasteiger partial charge in [-0.15, -0.1) is 0 Å². The van der Waals surface area contributed by atoms with E-state index < -0.39 is 0 Å². The van der Waals surface area contributed by atoms with Gasteiger partial charge in [0.25, 0.3) is 0 Å². The summed E-state index contributed by atoms with van der Waals surface area (Å²) in [6.45, 7) is 10.3. The van der Waals surface area contributed by atoms with E-state index in [9.17, 15) is 0 Å². The van der Waals surface area contributed by atoms with Crippen LogP contribution in [0.3, 0.4) is 0 Å². The van der Waals surface area contributed by atoms with Gasteiger partial charge in [-0.1, -0.05) is 20.8 Å². The standard InChI is InChI=1S/C14H26BrN3O/c1-5-7-16-8-6-14(2,3)13-12(15)11-17-18(13)9-10-19-4/h11,16H,5-10H2,1-4H3. The number of ether oxygens (including phenoxy) is 1. The Morgan fingerprint density at radius 1 is 1.42 bits per heavy atom. The van der Waals surface area contributed by atoms with Gasteiger partial charge in [-0.05, 0) is 41.9 Å². The van der Waals surface area contributed by atoms with Gasteiger partial charge in [0, 0.05) is 12.5 Å². The Labute approximate surface area is 125 Å². The fourth-order valence-corrected chi connectivity index (χ4v) is 3.04. The lowest BCUT2D eigenvalue weighted by Crippen LogP contribution is -2.29. The van der Waals surface area contributed by atoms with Crippen molar-refractivity contribution in [3.63, 3.8) is 0 Å². The first-order valence-electron chi connectivity index (χ1n) is 6.94. The highest BCUT2D eigenvalue weighted by Crippen LogP contribution is 2.32. The van der Waals surface area contributed by atoms with E-state index in [4.69, 9.17) is 4.74 Å². The van der Waals surface area contributed by atoms with Crippen molar-refractivity contribution in [1.82, 2.24) is 15.1 Å². The number of halogens is 1. The molecule has 0 unspecified atom stereocenters. The maximum Gasteiger partial charge on any atom is 0.0659 e. The second kappa shape index (κ2) is 8.02. The maximum atomic E-state index is 5.15. The van der Waals surface area contributed by atoms with Crippen molar-refractivity contribution in [2.45, 2.75) is 45.6 Å². The highest BCUT2D eigenvalue weighted by molar-refractivity contribution is 9.10. The van der Waals surface area contributed by atoms with Crippen molar-refractivity contribution < 1.29 is 4.74 Å². The molecule has 1 aromatic rings. The molecule has 1 rings (SSSR count). The fraction of sp³-hybridized carbons (Fsp3) is 0.786. The minimum atomic E-state index is 0.0871. The first kappa shape index (κ1) is 16.7. The minimum Gasteiger partial charge on any atom is -0.383 e. The largest absolute Gasteiger partial charge is 0.383 e. The van der Waals surface area contributed by atoms with Gasteiger partial charge in [0.1, 0.15) is 0 Å². The monoisotopic (exact) mass is 331 g/mol. The third kappa shape index (κ3) is 4.89. The molecule has 0 aliphatic carbocycles. The number of aromatic nitrogens is 2. The first-order chi connectivity index (χ1) is 9.03. The molecule has 0 fully saturated rings. The first-order valence-corrected chi connectivity index (χ1v) is 7.73. The number of hydrogen-bond donors (Lipinski definition) is 1. The molecule has 19 heavy (non-hydrogen) atoms. The maximum absolute atomic E-state index is 5.15. The zero-order valence-corrected chi connectivity index (χ0v) is 14.1. The van der Waals surface area contributed by atoms with Crippen LogP contribution in [-0.4, -0.2) is 36.6 Å². The van der Waals surface area contributed by atoms with E-state index >= 15 is 0 Å². The van der Waals surface area contributed by atoms with Crippen LogP contribution in [0, 0.1) is 0 Å². The Kier molecular flexibility index (Phi) is 7.04. The van der Waals surface area contributed by atoms with Crippen LogP contribution in [0.2, 0.25) is 0 Å². The van der Waals surface area contributed by atoms with Gasteiger partial charge in [0.15, 0.2) is 0 Å². The molecule has 5 heteroatoms. The number of rotatable bonds is 9. The third-order valence-electron chi connectivity index (χ3n) is 3.30. The Bertz CT molecular complexity index is 377. The smallest absolute Gasteiger partial charge is 0.0659 e. The number of methoxy groups -OCH3 is 1. The predicted octanol–water partition coefficient (Wildman–Crippen LogP) is 2.96. The van der Waals surface area contributed by atoms with E-state index in [1.165, 1.54) is 12.1 Å². The second-order valence-electron chi connectivity index (χ2n) is 5.44. The van der Waals surface area contributed by atoms with Gasteiger partial charge in [-0.3, -0.25) is 4.68 Å². The molecular formula is C14H26BrN3O. The summed E-state index contributed by atoms with van der Waals surface area (Å²) in [7, 11) is 1.72. The van der Waals surface area contributed by atoms with E-state index in [1.807, 2.05) is 10.9 Å². The SMILES string of the molecule is CCCNCCC(C)(C)c1c(Br)cnn1CCOC. The zero-order chi connectivity index (χ0) is 14.3. The Morgan fingerprint density at radius 2 is 2.16 bits per heavy atom. The summed E-state index contributed by atoms with van der Waals surface area (Å²) < 4.78 is 8.28. The normalized spacial score (nSPS) is 12.1. The van der Waals surface area contributed by atoms with Gasteiger partial charge in [0.2, 0.25) is 0 Å². The summed E-state index contributed by atoms with van der Waals surface area (Å²) in [4.78, 5) is 0. The van der Waals surface area contributed by atoms with E-state index in [0.717, 1.165) is 30.5 Å². The Balaban J connectivity index is 2.72. The number of hydrogen-bond acceptors (Lipinski definition) is 3. The van der Waals surface area contributed by atoms with Crippen LogP contribution in [0.15, 0.2) is 10.7 Å². The van der Waals surface area contributed by atoms with Crippen molar-refractivity contribution in [2.24, 2.45) is 0 Å². The van der Waals surface area contributed by atoms with Crippen LogP contribution in [0.5, 0.6) is 0 Å². The topological polar surface area (TPSA) is 39.1 Å². The molecule has 110 valence electrons. The summed E-state index contributed by atoms with van der Waals surface area (Å²) >= 11 is 3.62. The van der Waals surface area contributed by atoms with Gasteiger partial charge < -0.3 is 10.1 Å². The molecule has 0 spiro atoms. The van der Waals surface area contributed by atoms with Crippen molar-refractivity contribution in [2.75, 3.05) is 26.8 Å². The third-order valence-corrected chi connectivity index (χ3v) is 3.88. The molecule has 0 saturated carbocycles. The van der Waals surface area contributed by atoms with Crippen LogP contribution in [0.25, 0.3) is 0 Å². The zero-order valence-electron chi connectivity index (χ0n) is 12.5. The van der Waals surface area contributed by atoms with Gasteiger partial charge >= 0.3 is 0 Å². The molecule has 0 atom stereocenters. The molecule has 1 N–H and O–H groups in total. The molecule has 0 bridgehead atoms. The average molecular weight is 332 g/mol. The molecule has 0 radical (unpaired) electrons. The van der Waals surface area contributed by atoms with Crippen molar-refractivity contribution >= 4 is 15.9 Å². The average Bonchev–Trinajstić information content (AvgIpc) is 2.74. The quantitative estimate of drug-likeness (QED) is 0.707. The van der Waals surface area contributed by atoms with Gasteiger partial charge in [0.05, 0.1) is 29.5 Å². The van der Waals surface area contributed by atoms with Crippen LogP contribution in [0.4, 0.5) is 0 Å². The van der Waals surface area contributed by atoms with E-state index in [1.54, 1.807) is 7.11 Å². The molecular weight excluding hydrogens is 306 g/mol. The lowest BCUT2D eigenvalue weighted by Gasteiger charge is -2.26. The Morgan fingerprint density at radius 3 is 2.79 bits per heavy atom. The summed E-state index contributed by atoms with van der Waals surface area (Å²) in [5, 5.41) is 7.90. The molecule has 1 aromatic heterocycles. The van der Waals surface area contributed by atoms with Crippen LogP contribution < -0.4 is 5.32 Å². The van der Waals surface area contributed by atoms with E-state index in [0.29, 0.717) is 6.61 Å². The van der Waals surface area contributed by atoms with E-state index in [2.05, 4.69) is 47.1 Å². The molecule has 0 aliphatic heterocycles. The van der Waals surface area contributed by atoms with Crippen LogP contribution >= 0.6 is 15.9 Å². The van der Waals surface area contributed by atoms with E-state index in [-0.39, 0.29) is 5.41 Å². The van der Waals surface area contributed by atoms with Crippen molar-refractivity contribution in [1.29, 1.82) is 0 Å². The van der Waals surface area contributed by atoms with Crippen molar-refractivity contribution in [3.05, 3.63) is 16.4 Å². The fourth-order valence-electron chi connectivity index (χ4n) is 2.20. The Hall–Kier alpha value is -0.390. The lowest BCUT2D eigenvalue weighted by molar-refractivity contribution is 0.180. The highest BCUT2D eigenvalue weighted by atomic mass is 79.9. The summed E-state index contributed by atoms with van der Waals surface area (Å²) in [6, 6.07) is 0. The predicted molar refractivity (Wildman–Crippen MR) is 82.6 cm³/mol. The highest BCUT2D eigenvalue weighted by Gasteiger charge is 2.27. The second-order valence-corrected chi connectivity index (χ2v) is 6.30. The van der Waals surface area contributed by atoms with Crippen LogP contribution in [0.1, 0.15) is 39.3 Å². The summed E-state index contributed by atoms with van der Waals surface area (Å²) in [6.07, 6.45) is 4.15.